The van der Waals surface area contributed by atoms with Gasteiger partial charge in [-0.25, -0.2) is 9.37 Å². The largest absolute Gasteiger partial charge is 0.490 e. The second kappa shape index (κ2) is 11.0. The molecular weight excluding hydrogens is 503 g/mol. The SMILES string of the molecule is CCOC(=O)Cn1cnc2c(C(C)(C)C)cc(C(=O)CN3Cc4cc(OCC)c(OCC)c(F)c4C3=N)cc21. The Bertz CT molecular complexity index is 1440. The number of aromatic nitrogens is 2. The Balaban J connectivity index is 1.67. The van der Waals surface area contributed by atoms with Gasteiger partial charge in [0, 0.05) is 12.1 Å². The number of imidazole rings is 1. The van der Waals surface area contributed by atoms with Crippen LogP contribution in [0.3, 0.4) is 0 Å². The fourth-order valence-corrected chi connectivity index (χ4v) is 4.79. The zero-order valence-electron chi connectivity index (χ0n) is 23.3. The summed E-state index contributed by atoms with van der Waals surface area (Å²) < 4.78 is 33.3. The van der Waals surface area contributed by atoms with Gasteiger partial charge in [-0.2, -0.15) is 0 Å². The molecule has 3 aromatic rings. The van der Waals surface area contributed by atoms with Gasteiger partial charge in [-0.1, -0.05) is 20.8 Å². The van der Waals surface area contributed by atoms with Gasteiger partial charge in [0.25, 0.3) is 0 Å². The van der Waals surface area contributed by atoms with E-state index in [-0.39, 0.29) is 66.9 Å². The number of hydrogen-bond acceptors (Lipinski definition) is 7. The van der Waals surface area contributed by atoms with Crippen LogP contribution in [0.25, 0.3) is 11.0 Å². The molecule has 0 fully saturated rings. The van der Waals surface area contributed by atoms with Crippen LogP contribution in [-0.4, -0.2) is 58.4 Å². The molecule has 9 nitrogen and oxygen atoms in total. The van der Waals surface area contributed by atoms with Crippen LogP contribution in [0.1, 0.15) is 68.6 Å². The van der Waals surface area contributed by atoms with E-state index >= 15 is 4.39 Å². The molecule has 0 saturated carbocycles. The van der Waals surface area contributed by atoms with Gasteiger partial charge in [-0.3, -0.25) is 15.0 Å². The molecule has 0 saturated heterocycles. The Morgan fingerprint density at radius 2 is 1.77 bits per heavy atom. The molecule has 0 unspecified atom stereocenters. The number of fused-ring (bicyclic) bond motifs is 2. The van der Waals surface area contributed by atoms with E-state index in [2.05, 4.69) is 4.98 Å². The van der Waals surface area contributed by atoms with Crippen molar-refractivity contribution in [2.24, 2.45) is 0 Å². The lowest BCUT2D eigenvalue weighted by Gasteiger charge is -2.22. The van der Waals surface area contributed by atoms with Gasteiger partial charge in [-0.15, -0.1) is 0 Å². The molecule has 1 aromatic heterocycles. The van der Waals surface area contributed by atoms with E-state index in [4.69, 9.17) is 19.6 Å². The van der Waals surface area contributed by atoms with E-state index in [1.807, 2.05) is 26.8 Å². The van der Waals surface area contributed by atoms with Crippen molar-refractivity contribution in [1.29, 1.82) is 5.41 Å². The van der Waals surface area contributed by atoms with Crippen molar-refractivity contribution < 1.29 is 28.2 Å². The second-order valence-corrected chi connectivity index (χ2v) is 10.4. The summed E-state index contributed by atoms with van der Waals surface area (Å²) in [6.45, 7) is 12.3. The van der Waals surface area contributed by atoms with Crippen molar-refractivity contribution in [3.8, 4) is 11.5 Å². The first kappa shape index (κ1) is 28.1. The quantitative estimate of drug-likeness (QED) is 0.290. The minimum absolute atomic E-state index is 0.0221. The number of halogens is 1. The Labute approximate surface area is 227 Å². The number of benzene rings is 2. The number of esters is 1. The first-order chi connectivity index (χ1) is 18.5. The molecule has 39 heavy (non-hydrogen) atoms. The Morgan fingerprint density at radius 1 is 1.05 bits per heavy atom. The van der Waals surface area contributed by atoms with Crippen LogP contribution in [0.2, 0.25) is 0 Å². The number of carbonyl (C=O) groups is 2. The summed E-state index contributed by atoms with van der Waals surface area (Å²) >= 11 is 0. The maximum absolute atomic E-state index is 15.5. The number of ketones is 1. The van der Waals surface area contributed by atoms with Crippen molar-refractivity contribution in [3.63, 3.8) is 0 Å². The molecule has 0 atom stereocenters. The fourth-order valence-electron chi connectivity index (χ4n) is 4.79. The van der Waals surface area contributed by atoms with Crippen LogP contribution >= 0.6 is 0 Å². The Kier molecular flexibility index (Phi) is 7.94. The molecule has 10 heteroatoms. The maximum atomic E-state index is 15.5. The molecule has 0 spiro atoms. The summed E-state index contributed by atoms with van der Waals surface area (Å²) in [6.07, 6.45) is 1.58. The Hall–Kier alpha value is -3.95. The lowest BCUT2D eigenvalue weighted by molar-refractivity contribution is -0.143. The standard InChI is InChI=1S/C29H35FN4O5/c1-7-37-22-12-18-13-33(28(31)24(18)25(30)27(22)39-9-3)14-21(35)17-10-19(29(4,5)6)26-20(11-17)34(16-32-26)15-23(36)38-8-2/h10-12,16,31H,7-9,13-15H2,1-6H3. The molecule has 2 aromatic carbocycles. The van der Waals surface area contributed by atoms with Crippen LogP contribution in [0.4, 0.5) is 4.39 Å². The summed E-state index contributed by atoms with van der Waals surface area (Å²) in [7, 11) is 0. The summed E-state index contributed by atoms with van der Waals surface area (Å²) in [6, 6.07) is 5.22. The summed E-state index contributed by atoms with van der Waals surface area (Å²) in [4.78, 5) is 31.8. The monoisotopic (exact) mass is 538 g/mol. The van der Waals surface area contributed by atoms with Crippen molar-refractivity contribution in [2.45, 2.75) is 60.0 Å². The van der Waals surface area contributed by atoms with E-state index < -0.39 is 11.8 Å². The summed E-state index contributed by atoms with van der Waals surface area (Å²) in [5.41, 5.74) is 2.99. The van der Waals surface area contributed by atoms with Crippen LogP contribution in [0, 0.1) is 11.2 Å². The average molecular weight is 539 g/mol. The van der Waals surface area contributed by atoms with E-state index in [1.54, 1.807) is 48.7 Å². The van der Waals surface area contributed by atoms with Gasteiger partial charge in [-0.05, 0) is 55.5 Å². The smallest absolute Gasteiger partial charge is 0.325 e. The van der Waals surface area contributed by atoms with Gasteiger partial charge in [0.2, 0.25) is 0 Å². The molecule has 1 aliphatic heterocycles. The fraction of sp³-hybridized carbons (Fsp3) is 0.448. The highest BCUT2D eigenvalue weighted by Gasteiger charge is 2.33. The van der Waals surface area contributed by atoms with Crippen LogP contribution < -0.4 is 9.47 Å². The minimum atomic E-state index is -0.656. The van der Waals surface area contributed by atoms with Crippen LogP contribution in [0.15, 0.2) is 24.5 Å². The number of nitrogens with one attached hydrogen (secondary N) is 1. The lowest BCUT2D eigenvalue weighted by Crippen LogP contribution is -2.30. The molecule has 0 bridgehead atoms. The topological polar surface area (TPSA) is 107 Å². The first-order valence-electron chi connectivity index (χ1n) is 13.1. The van der Waals surface area contributed by atoms with Gasteiger partial charge in [0.1, 0.15) is 12.4 Å². The number of rotatable bonds is 10. The molecule has 0 radical (unpaired) electrons. The van der Waals surface area contributed by atoms with E-state index in [9.17, 15) is 9.59 Å². The Morgan fingerprint density at radius 3 is 2.41 bits per heavy atom. The molecule has 0 amide bonds. The third-order valence-electron chi connectivity index (χ3n) is 6.57. The van der Waals surface area contributed by atoms with Crippen LogP contribution in [0.5, 0.6) is 11.5 Å². The first-order valence-corrected chi connectivity index (χ1v) is 13.1. The predicted octanol–water partition coefficient (Wildman–Crippen LogP) is 4.86. The summed E-state index contributed by atoms with van der Waals surface area (Å²) in [5, 5.41) is 8.66. The molecular formula is C29H35FN4O5. The third-order valence-corrected chi connectivity index (χ3v) is 6.57. The maximum Gasteiger partial charge on any atom is 0.325 e. The number of nitrogens with zero attached hydrogens (tertiary/aromatic N) is 3. The van der Waals surface area contributed by atoms with Crippen molar-refractivity contribution in [2.75, 3.05) is 26.4 Å². The van der Waals surface area contributed by atoms with Gasteiger partial charge < -0.3 is 23.7 Å². The van der Waals surface area contributed by atoms with E-state index in [1.165, 1.54) is 0 Å². The van der Waals surface area contributed by atoms with Gasteiger partial charge in [0.15, 0.2) is 23.1 Å². The summed E-state index contributed by atoms with van der Waals surface area (Å²) in [5.74, 6) is -1.10. The van der Waals surface area contributed by atoms with Gasteiger partial charge >= 0.3 is 5.97 Å². The van der Waals surface area contributed by atoms with E-state index in [0.29, 0.717) is 28.8 Å². The normalized spacial score (nSPS) is 13.1. The number of amidine groups is 1. The zero-order chi connectivity index (χ0) is 28.5. The highest BCUT2D eigenvalue weighted by Crippen LogP contribution is 2.39. The zero-order valence-corrected chi connectivity index (χ0v) is 23.3. The number of ether oxygens (including phenoxy) is 3. The molecule has 2 heterocycles. The molecule has 208 valence electrons. The minimum Gasteiger partial charge on any atom is -0.490 e. The number of hydrogen-bond donors (Lipinski definition) is 1. The molecule has 1 N–H and O–H groups in total. The van der Waals surface area contributed by atoms with Crippen molar-refractivity contribution in [3.05, 3.63) is 52.6 Å². The van der Waals surface area contributed by atoms with Crippen molar-refractivity contribution in [1.82, 2.24) is 14.5 Å². The lowest BCUT2D eigenvalue weighted by atomic mass is 9.84. The number of carbonyl (C=O) groups excluding carboxylic acids is 2. The highest BCUT2D eigenvalue weighted by molar-refractivity contribution is 6.07. The molecule has 0 aliphatic carbocycles. The predicted molar refractivity (Wildman–Crippen MR) is 145 cm³/mol. The molecule has 4 rings (SSSR count). The average Bonchev–Trinajstić information content (AvgIpc) is 3.41. The van der Waals surface area contributed by atoms with Crippen LogP contribution in [-0.2, 0) is 28.0 Å². The third kappa shape index (κ3) is 5.46. The molecule has 1 aliphatic rings. The van der Waals surface area contributed by atoms with Gasteiger partial charge in [0.05, 0.1) is 49.3 Å². The highest BCUT2D eigenvalue weighted by atomic mass is 19.1. The van der Waals surface area contributed by atoms with E-state index in [0.717, 1.165) is 5.56 Å². The second-order valence-electron chi connectivity index (χ2n) is 10.4. The van der Waals surface area contributed by atoms with Crippen molar-refractivity contribution >= 4 is 28.6 Å². The number of Topliss-reactive ketones (excluding diaryl/α,β-unsaturated/α-hetero) is 1.